The number of imidazole rings is 1. The van der Waals surface area contributed by atoms with E-state index in [1.54, 1.807) is 19.1 Å². The van der Waals surface area contributed by atoms with Crippen LogP contribution in [0.3, 0.4) is 0 Å². The molecule has 2 saturated heterocycles. The van der Waals surface area contributed by atoms with Gasteiger partial charge in [0.25, 0.3) is 0 Å². The van der Waals surface area contributed by atoms with Crippen molar-refractivity contribution < 1.29 is 28.7 Å². The first-order chi connectivity index (χ1) is 29.3. The Morgan fingerprint density at radius 1 is 0.902 bits per heavy atom. The number of methoxy groups -OCH3 is 2. The molecule has 11 nitrogen and oxygen atoms in total. The smallest absolute Gasteiger partial charge is 0.226 e. The van der Waals surface area contributed by atoms with Gasteiger partial charge < -0.3 is 29.6 Å². The Morgan fingerprint density at radius 3 is 2.21 bits per heavy atom. The van der Waals surface area contributed by atoms with Gasteiger partial charge in [0.2, 0.25) is 11.8 Å². The fourth-order valence-electron chi connectivity index (χ4n) is 10.7. The Labute approximate surface area is 364 Å². The van der Waals surface area contributed by atoms with Crippen LogP contribution in [0.1, 0.15) is 110 Å². The number of carbonyl (C=O) groups is 4. The van der Waals surface area contributed by atoms with E-state index in [-0.39, 0.29) is 78.5 Å². The molecule has 2 N–H and O–H groups in total. The molecule has 1 saturated carbocycles. The first-order valence-corrected chi connectivity index (χ1v) is 22.9. The predicted molar refractivity (Wildman–Crippen MR) is 239 cm³/mol. The van der Waals surface area contributed by atoms with Crippen LogP contribution in [0.15, 0.2) is 66.9 Å². The standard InChI is InChI=1S/C50H71N5O6/c1-9-32(4)47(54(6)50(59)39(31(2)3)28-43(57)46-36-22-23-38(26-36)52-46)44(60-7)29-45(58)55-24-16-21-41(55)48(61-8)33(5)42(56)27-37(25-34-17-12-10-13-18-34)49-51-30-40(53-49)35-19-14-11-15-20-35/h10-15,17-20,30-33,36-39,41,44,46-48,52H,9,16,21-29H2,1-8H3,(H,51,53)/t32-,33-,36-,37+,38+,39-,41-,44+,46-,47-,48+/m0/s1. The van der Waals surface area contributed by atoms with E-state index in [9.17, 15) is 19.2 Å². The lowest BCUT2D eigenvalue weighted by Crippen LogP contribution is -2.54. The predicted octanol–water partition coefficient (Wildman–Crippen LogP) is 7.65. The Bertz CT molecular complexity index is 1900. The quantitative estimate of drug-likeness (QED) is 0.106. The van der Waals surface area contributed by atoms with Crippen molar-refractivity contribution >= 4 is 23.4 Å². The number of piperidine rings is 1. The van der Waals surface area contributed by atoms with E-state index in [4.69, 9.17) is 14.5 Å². The van der Waals surface area contributed by atoms with Crippen molar-refractivity contribution in [1.29, 1.82) is 0 Å². The molecule has 2 aliphatic heterocycles. The third kappa shape index (κ3) is 10.9. The highest BCUT2D eigenvalue weighted by molar-refractivity contribution is 5.90. The molecule has 11 atom stereocenters. The fourth-order valence-corrected chi connectivity index (χ4v) is 10.7. The van der Waals surface area contributed by atoms with Gasteiger partial charge in [0, 0.05) is 64.4 Å². The summed E-state index contributed by atoms with van der Waals surface area (Å²) in [5, 5.41) is 3.52. The van der Waals surface area contributed by atoms with Gasteiger partial charge >= 0.3 is 0 Å². The van der Waals surface area contributed by atoms with E-state index in [0.717, 1.165) is 61.2 Å². The van der Waals surface area contributed by atoms with Gasteiger partial charge in [0.15, 0.2) is 5.78 Å². The number of ketones is 2. The van der Waals surface area contributed by atoms with Gasteiger partial charge in [-0.15, -0.1) is 0 Å². The second kappa shape index (κ2) is 21.3. The summed E-state index contributed by atoms with van der Waals surface area (Å²) >= 11 is 0. The maximum atomic E-state index is 14.5. The van der Waals surface area contributed by atoms with E-state index in [1.807, 2.05) is 87.4 Å². The van der Waals surface area contributed by atoms with Gasteiger partial charge in [-0.05, 0) is 67.4 Å². The molecule has 61 heavy (non-hydrogen) atoms. The topological polar surface area (TPSA) is 134 Å². The third-order valence-electron chi connectivity index (χ3n) is 14.4. The number of Topliss-reactive ketones (excluding diaryl/α,β-unsaturated/α-hetero) is 2. The van der Waals surface area contributed by atoms with Crippen LogP contribution < -0.4 is 5.32 Å². The lowest BCUT2D eigenvalue weighted by molar-refractivity contribution is -0.149. The maximum absolute atomic E-state index is 14.5. The molecule has 1 aromatic heterocycles. The summed E-state index contributed by atoms with van der Waals surface area (Å²) in [7, 11) is 5.06. The van der Waals surface area contributed by atoms with E-state index in [0.29, 0.717) is 24.9 Å². The molecule has 11 heteroatoms. The molecule has 3 aromatic rings. The van der Waals surface area contributed by atoms with E-state index >= 15 is 0 Å². The number of hydrogen-bond acceptors (Lipinski definition) is 8. The molecule has 0 radical (unpaired) electrons. The number of nitrogens with one attached hydrogen (secondary N) is 2. The molecule has 3 fully saturated rings. The lowest BCUT2D eigenvalue weighted by atomic mass is 9.83. The molecule has 2 bridgehead atoms. The molecular weight excluding hydrogens is 767 g/mol. The summed E-state index contributed by atoms with van der Waals surface area (Å²) < 4.78 is 12.3. The van der Waals surface area contributed by atoms with Crippen LogP contribution in [0.4, 0.5) is 0 Å². The molecule has 6 rings (SSSR count). The fraction of sp³-hybridized carbons (Fsp3) is 0.620. The van der Waals surface area contributed by atoms with Crippen LogP contribution in [0, 0.1) is 29.6 Å². The van der Waals surface area contributed by atoms with Crippen LogP contribution in [-0.4, -0.2) is 107 Å². The zero-order valence-electron chi connectivity index (χ0n) is 37.8. The Morgan fingerprint density at radius 2 is 1.61 bits per heavy atom. The number of amides is 2. The number of likely N-dealkylation sites (tertiary alicyclic amines) is 1. The highest BCUT2D eigenvalue weighted by Gasteiger charge is 2.46. The van der Waals surface area contributed by atoms with Gasteiger partial charge in [-0.2, -0.15) is 0 Å². The number of fused-ring (bicyclic) bond motifs is 2. The van der Waals surface area contributed by atoms with Crippen molar-refractivity contribution in [2.45, 2.75) is 141 Å². The number of aromatic nitrogens is 2. The number of H-pyrrole nitrogens is 1. The van der Waals surface area contributed by atoms with Crippen LogP contribution >= 0.6 is 0 Å². The largest absolute Gasteiger partial charge is 0.379 e. The monoisotopic (exact) mass is 838 g/mol. The van der Waals surface area contributed by atoms with Crippen LogP contribution in [0.2, 0.25) is 0 Å². The molecule has 2 amide bonds. The van der Waals surface area contributed by atoms with E-state index in [1.165, 1.54) is 0 Å². The summed E-state index contributed by atoms with van der Waals surface area (Å²) in [5.41, 5.74) is 3.06. The van der Waals surface area contributed by atoms with Crippen LogP contribution in [0.5, 0.6) is 0 Å². The number of ether oxygens (including phenoxy) is 2. The van der Waals surface area contributed by atoms with E-state index < -0.39 is 24.0 Å². The number of likely N-dealkylation sites (N-methyl/N-ethyl adjacent to an activating group) is 1. The number of nitrogens with zero attached hydrogens (tertiary/aromatic N) is 3. The number of carbonyl (C=O) groups excluding carboxylic acids is 4. The van der Waals surface area contributed by atoms with Crippen LogP contribution in [-0.2, 0) is 35.1 Å². The average Bonchev–Trinajstić information content (AvgIpc) is 4.12. The molecular formula is C50H71N5O6. The maximum Gasteiger partial charge on any atom is 0.226 e. The minimum absolute atomic E-state index is 0.0294. The zero-order valence-corrected chi connectivity index (χ0v) is 37.8. The van der Waals surface area contributed by atoms with Crippen molar-refractivity contribution in [3.05, 3.63) is 78.2 Å². The van der Waals surface area contributed by atoms with Gasteiger partial charge in [-0.25, -0.2) is 4.98 Å². The highest BCUT2D eigenvalue weighted by Crippen LogP contribution is 2.38. The minimum Gasteiger partial charge on any atom is -0.379 e. The molecule has 0 spiro atoms. The summed E-state index contributed by atoms with van der Waals surface area (Å²) in [6, 6.07) is 19.8. The molecule has 3 aliphatic rings. The summed E-state index contributed by atoms with van der Waals surface area (Å²) in [4.78, 5) is 68.8. The lowest BCUT2D eigenvalue weighted by Gasteiger charge is -2.41. The van der Waals surface area contributed by atoms with Crippen molar-refractivity contribution in [3.63, 3.8) is 0 Å². The minimum atomic E-state index is -0.568. The number of hydrogen-bond donors (Lipinski definition) is 2. The summed E-state index contributed by atoms with van der Waals surface area (Å²) in [5.74, 6) is 0.0558. The van der Waals surface area contributed by atoms with Crippen molar-refractivity contribution in [2.24, 2.45) is 29.6 Å². The Balaban J connectivity index is 1.14. The number of aromatic amines is 1. The van der Waals surface area contributed by atoms with Gasteiger partial charge in [-0.3, -0.25) is 19.2 Å². The molecule has 0 unspecified atom stereocenters. The highest BCUT2D eigenvalue weighted by atomic mass is 16.5. The summed E-state index contributed by atoms with van der Waals surface area (Å²) in [6.45, 7) is 10.7. The Kier molecular flexibility index (Phi) is 16.1. The molecule has 3 heterocycles. The normalized spacial score (nSPS) is 23.3. The zero-order chi connectivity index (χ0) is 43.8. The SMILES string of the molecule is CC[C@H](C)[C@@H]([C@@H](CC(=O)N1CCC[C@H]1[C@H](OC)[C@@H](C)C(=O)C[C@@H](Cc1ccccc1)c1ncc(-c2ccccc2)[nH]1)OC)N(C)C(=O)[C@@H](CC(=O)[C@H]1N[C@@H]2CC[C@H]1C2)C(C)C. The first kappa shape index (κ1) is 46.3. The van der Waals surface area contributed by atoms with Crippen molar-refractivity contribution in [1.82, 2.24) is 25.1 Å². The van der Waals surface area contributed by atoms with Gasteiger partial charge in [0.1, 0.15) is 11.6 Å². The van der Waals surface area contributed by atoms with Crippen molar-refractivity contribution in [3.8, 4) is 11.3 Å². The second-order valence-electron chi connectivity index (χ2n) is 18.6. The average molecular weight is 838 g/mol. The first-order valence-electron chi connectivity index (χ1n) is 22.9. The molecule has 2 aromatic carbocycles. The molecule has 1 aliphatic carbocycles. The number of benzene rings is 2. The molecule has 332 valence electrons. The van der Waals surface area contributed by atoms with Gasteiger partial charge in [0.05, 0.1) is 48.6 Å². The third-order valence-corrected chi connectivity index (χ3v) is 14.4. The Hall–Kier alpha value is -4.19. The number of rotatable bonds is 22. The van der Waals surface area contributed by atoms with Gasteiger partial charge in [-0.1, -0.05) is 102 Å². The summed E-state index contributed by atoms with van der Waals surface area (Å²) in [6.07, 6.45) is 7.52. The van der Waals surface area contributed by atoms with Crippen molar-refractivity contribution in [2.75, 3.05) is 27.8 Å². The van der Waals surface area contributed by atoms with E-state index in [2.05, 4.69) is 36.3 Å². The van der Waals surface area contributed by atoms with Crippen LogP contribution in [0.25, 0.3) is 11.3 Å². The second-order valence-corrected chi connectivity index (χ2v) is 18.6.